The molecule has 3 aromatic rings. The zero-order chi connectivity index (χ0) is 16.2. The highest BCUT2D eigenvalue weighted by atomic mass is 16.3. The Morgan fingerprint density at radius 1 is 1.09 bits per heavy atom. The van der Waals surface area contributed by atoms with Crippen LogP contribution < -0.4 is 16.4 Å². The number of hydrogen-bond acceptors (Lipinski definition) is 6. The molecule has 6 nitrogen and oxygen atoms in total. The number of nitrogen functional groups attached to an aromatic ring is 1. The molecule has 0 amide bonds. The summed E-state index contributed by atoms with van der Waals surface area (Å²) in [5, 5.41) is 6.40. The van der Waals surface area contributed by atoms with Gasteiger partial charge in [0.25, 0.3) is 0 Å². The number of nitrogens with two attached hydrogens (primary N) is 1. The van der Waals surface area contributed by atoms with Gasteiger partial charge in [0.15, 0.2) is 11.6 Å². The molecule has 0 saturated heterocycles. The number of aryl methyl sites for hydroxylation is 2. The summed E-state index contributed by atoms with van der Waals surface area (Å²) in [6.45, 7) is 4.62. The number of anilines is 4. The molecule has 0 aliphatic carbocycles. The summed E-state index contributed by atoms with van der Waals surface area (Å²) in [6, 6.07) is 9.94. The first-order chi connectivity index (χ1) is 11.1. The predicted molar refractivity (Wildman–Crippen MR) is 91.7 cm³/mol. The molecule has 3 rings (SSSR count). The molecule has 0 spiro atoms. The SMILES string of the molecule is Cc1cc(C)cc(Nc2ncnc(NCc3ccco3)c2N)c1. The summed E-state index contributed by atoms with van der Waals surface area (Å²) in [4.78, 5) is 8.41. The molecular formula is C17H19N5O. The van der Waals surface area contributed by atoms with Crippen LogP contribution in [0, 0.1) is 13.8 Å². The van der Waals surface area contributed by atoms with E-state index < -0.39 is 0 Å². The van der Waals surface area contributed by atoms with Crippen molar-refractivity contribution in [2.75, 3.05) is 16.4 Å². The average Bonchev–Trinajstić information content (AvgIpc) is 3.00. The van der Waals surface area contributed by atoms with Crippen LogP contribution in [0.15, 0.2) is 47.3 Å². The Kier molecular flexibility index (Phi) is 4.14. The number of nitrogens with one attached hydrogen (secondary N) is 2. The topological polar surface area (TPSA) is 89.0 Å². The van der Waals surface area contributed by atoms with Crippen molar-refractivity contribution in [3.63, 3.8) is 0 Å². The Bertz CT molecular complexity index is 778. The van der Waals surface area contributed by atoms with E-state index in [1.54, 1.807) is 6.26 Å². The minimum Gasteiger partial charge on any atom is -0.467 e. The lowest BCUT2D eigenvalue weighted by Gasteiger charge is -2.13. The summed E-state index contributed by atoms with van der Waals surface area (Å²) in [5.41, 5.74) is 9.94. The first kappa shape index (κ1) is 14.9. The minimum absolute atomic E-state index is 0.471. The van der Waals surface area contributed by atoms with E-state index in [4.69, 9.17) is 10.2 Å². The van der Waals surface area contributed by atoms with Crippen LogP contribution in [0.1, 0.15) is 16.9 Å². The fourth-order valence-electron chi connectivity index (χ4n) is 2.40. The van der Waals surface area contributed by atoms with Crippen molar-refractivity contribution in [3.8, 4) is 0 Å². The Morgan fingerprint density at radius 3 is 2.52 bits per heavy atom. The van der Waals surface area contributed by atoms with Crippen molar-refractivity contribution in [2.24, 2.45) is 0 Å². The molecule has 0 atom stereocenters. The van der Waals surface area contributed by atoms with E-state index in [2.05, 4.69) is 40.5 Å². The Hall–Kier alpha value is -3.02. The van der Waals surface area contributed by atoms with Gasteiger partial charge in [-0.3, -0.25) is 0 Å². The Balaban J connectivity index is 1.78. The fourth-order valence-corrected chi connectivity index (χ4v) is 2.40. The van der Waals surface area contributed by atoms with Crippen molar-refractivity contribution in [3.05, 3.63) is 59.8 Å². The zero-order valence-electron chi connectivity index (χ0n) is 13.1. The predicted octanol–water partition coefficient (Wildman–Crippen LogP) is 3.62. The quantitative estimate of drug-likeness (QED) is 0.667. The second kappa shape index (κ2) is 6.39. The summed E-state index contributed by atoms with van der Waals surface area (Å²) >= 11 is 0. The summed E-state index contributed by atoms with van der Waals surface area (Å²) in [7, 11) is 0. The largest absolute Gasteiger partial charge is 0.467 e. The van der Waals surface area contributed by atoms with Gasteiger partial charge >= 0.3 is 0 Å². The molecule has 0 aliphatic rings. The lowest BCUT2D eigenvalue weighted by molar-refractivity contribution is 0.518. The lowest BCUT2D eigenvalue weighted by atomic mass is 10.1. The first-order valence-electron chi connectivity index (χ1n) is 7.34. The van der Waals surface area contributed by atoms with Gasteiger partial charge in [-0.25, -0.2) is 9.97 Å². The number of nitrogens with zero attached hydrogens (tertiary/aromatic N) is 2. The van der Waals surface area contributed by atoms with Crippen LogP contribution in [0.25, 0.3) is 0 Å². The van der Waals surface area contributed by atoms with Gasteiger partial charge in [-0.05, 0) is 49.2 Å². The molecule has 6 heteroatoms. The molecule has 0 bridgehead atoms. The minimum atomic E-state index is 0.471. The van der Waals surface area contributed by atoms with Crippen molar-refractivity contribution in [2.45, 2.75) is 20.4 Å². The lowest BCUT2D eigenvalue weighted by Crippen LogP contribution is -2.07. The van der Waals surface area contributed by atoms with E-state index >= 15 is 0 Å². The molecule has 118 valence electrons. The highest BCUT2D eigenvalue weighted by Crippen LogP contribution is 2.27. The summed E-state index contributed by atoms with van der Waals surface area (Å²) in [5.74, 6) is 1.96. The maximum Gasteiger partial charge on any atom is 0.159 e. The summed E-state index contributed by atoms with van der Waals surface area (Å²) in [6.07, 6.45) is 3.11. The molecule has 0 aliphatic heterocycles. The first-order valence-corrected chi connectivity index (χ1v) is 7.34. The van der Waals surface area contributed by atoms with Crippen LogP contribution >= 0.6 is 0 Å². The molecule has 0 fully saturated rings. The second-order valence-electron chi connectivity index (χ2n) is 5.42. The average molecular weight is 309 g/mol. The van der Waals surface area contributed by atoms with E-state index in [0.717, 1.165) is 11.4 Å². The number of hydrogen-bond donors (Lipinski definition) is 3. The van der Waals surface area contributed by atoms with Gasteiger partial charge in [-0.1, -0.05) is 6.07 Å². The number of aromatic nitrogens is 2. The third kappa shape index (κ3) is 3.60. The molecule has 2 aromatic heterocycles. The van der Waals surface area contributed by atoms with Gasteiger partial charge in [-0.2, -0.15) is 0 Å². The van der Waals surface area contributed by atoms with Crippen LogP contribution in [-0.4, -0.2) is 9.97 Å². The standard InChI is InChI=1S/C17H19N5O/c1-11-6-12(2)8-13(7-11)22-17-15(18)16(20-10-21-17)19-9-14-4-3-5-23-14/h3-8,10H,9,18H2,1-2H3,(H2,19,20,21,22). The number of furan rings is 1. The van der Waals surface area contributed by atoms with Gasteiger partial charge in [0.2, 0.25) is 0 Å². The van der Waals surface area contributed by atoms with E-state index in [9.17, 15) is 0 Å². The highest BCUT2D eigenvalue weighted by Gasteiger charge is 2.09. The smallest absolute Gasteiger partial charge is 0.159 e. The third-order valence-corrected chi connectivity index (χ3v) is 3.38. The van der Waals surface area contributed by atoms with Crippen LogP contribution in [0.5, 0.6) is 0 Å². The monoisotopic (exact) mass is 309 g/mol. The van der Waals surface area contributed by atoms with Crippen molar-refractivity contribution < 1.29 is 4.42 Å². The van der Waals surface area contributed by atoms with Crippen molar-refractivity contribution >= 4 is 23.0 Å². The molecule has 23 heavy (non-hydrogen) atoms. The highest BCUT2D eigenvalue weighted by molar-refractivity contribution is 5.77. The second-order valence-corrected chi connectivity index (χ2v) is 5.42. The van der Waals surface area contributed by atoms with Gasteiger partial charge in [0, 0.05) is 5.69 Å². The van der Waals surface area contributed by atoms with Gasteiger partial charge in [-0.15, -0.1) is 0 Å². The van der Waals surface area contributed by atoms with Crippen molar-refractivity contribution in [1.29, 1.82) is 0 Å². The molecule has 0 unspecified atom stereocenters. The van der Waals surface area contributed by atoms with Gasteiger partial charge < -0.3 is 20.8 Å². The molecule has 1 aromatic carbocycles. The Morgan fingerprint density at radius 2 is 1.83 bits per heavy atom. The summed E-state index contributed by atoms with van der Waals surface area (Å²) < 4.78 is 5.28. The third-order valence-electron chi connectivity index (χ3n) is 3.38. The molecule has 2 heterocycles. The molecular weight excluding hydrogens is 290 g/mol. The fraction of sp³-hybridized carbons (Fsp3) is 0.176. The number of benzene rings is 1. The van der Waals surface area contributed by atoms with E-state index in [0.29, 0.717) is 23.9 Å². The van der Waals surface area contributed by atoms with E-state index in [-0.39, 0.29) is 0 Å². The normalized spacial score (nSPS) is 10.5. The van der Waals surface area contributed by atoms with Gasteiger partial charge in [0.05, 0.1) is 12.8 Å². The molecule has 0 saturated carbocycles. The van der Waals surface area contributed by atoms with Crippen LogP contribution in [0.3, 0.4) is 0 Å². The van der Waals surface area contributed by atoms with E-state index in [1.807, 2.05) is 24.3 Å². The van der Waals surface area contributed by atoms with Crippen LogP contribution in [0.2, 0.25) is 0 Å². The molecule has 4 N–H and O–H groups in total. The molecule has 0 radical (unpaired) electrons. The van der Waals surface area contributed by atoms with Crippen LogP contribution in [-0.2, 0) is 6.54 Å². The zero-order valence-corrected chi connectivity index (χ0v) is 13.1. The number of rotatable bonds is 5. The van der Waals surface area contributed by atoms with Crippen molar-refractivity contribution in [1.82, 2.24) is 9.97 Å². The van der Waals surface area contributed by atoms with Gasteiger partial charge in [0.1, 0.15) is 17.8 Å². The van der Waals surface area contributed by atoms with E-state index in [1.165, 1.54) is 17.5 Å². The maximum atomic E-state index is 6.17. The maximum absolute atomic E-state index is 6.17. The Labute approximate surface area is 134 Å². The van der Waals surface area contributed by atoms with Crippen LogP contribution in [0.4, 0.5) is 23.0 Å².